The minimum atomic E-state index is -3.26. The highest BCUT2D eigenvalue weighted by Gasteiger charge is 2.38. The maximum atomic E-state index is 11.8. The maximum absolute atomic E-state index is 11.8. The molecule has 6 nitrogen and oxygen atoms in total. The molecule has 2 fully saturated rings. The van der Waals surface area contributed by atoms with Gasteiger partial charge in [-0.25, -0.2) is 13.1 Å². The number of halogens is 1. The third kappa shape index (κ3) is 7.00. The van der Waals surface area contributed by atoms with E-state index in [-0.39, 0.29) is 29.7 Å². The highest BCUT2D eigenvalue weighted by Crippen LogP contribution is 2.42. The van der Waals surface area contributed by atoms with E-state index >= 15 is 0 Å². The molecular formula is C20H33IN4O2S2. The van der Waals surface area contributed by atoms with E-state index in [9.17, 15) is 8.42 Å². The Hall–Kier alpha value is -0.520. The van der Waals surface area contributed by atoms with Crippen molar-refractivity contribution in [3.8, 4) is 0 Å². The number of nitrogens with zero attached hydrogens (tertiary/aromatic N) is 2. The fourth-order valence-electron chi connectivity index (χ4n) is 4.16. The standard InChI is InChI=1S/C20H32N4O2S2.HI/c1-21-19(24-11-12-27-20(16-24)9-4-3-5-10-20)23-14-17-7-6-8-18(13-17)15-28(25,26)22-2;/h6-8,13,22H,3-5,9-12,14-16H2,1-2H3,(H,21,23);1H. The van der Waals surface area contributed by atoms with Crippen LogP contribution in [0.2, 0.25) is 0 Å². The zero-order valence-electron chi connectivity index (χ0n) is 17.3. The smallest absolute Gasteiger partial charge is 0.215 e. The molecule has 0 radical (unpaired) electrons. The lowest BCUT2D eigenvalue weighted by Gasteiger charge is -2.45. The Balaban J connectivity index is 0.00000300. The van der Waals surface area contributed by atoms with Gasteiger partial charge in [0.1, 0.15) is 0 Å². The first kappa shape index (κ1) is 24.7. The van der Waals surface area contributed by atoms with Crippen LogP contribution in [0.5, 0.6) is 0 Å². The summed E-state index contributed by atoms with van der Waals surface area (Å²) in [6, 6.07) is 7.73. The molecule has 1 spiro atoms. The number of nitrogens with one attached hydrogen (secondary N) is 2. The lowest BCUT2D eigenvalue weighted by molar-refractivity contribution is 0.293. The predicted molar refractivity (Wildman–Crippen MR) is 134 cm³/mol. The summed E-state index contributed by atoms with van der Waals surface area (Å²) in [5.74, 6) is 2.09. The van der Waals surface area contributed by atoms with Crippen LogP contribution in [-0.2, 0) is 22.3 Å². The number of sulfonamides is 1. The van der Waals surface area contributed by atoms with Gasteiger partial charge in [0.15, 0.2) is 5.96 Å². The van der Waals surface area contributed by atoms with Crippen LogP contribution in [-0.4, -0.2) is 57.0 Å². The molecular weight excluding hydrogens is 519 g/mol. The Morgan fingerprint density at radius 2 is 1.97 bits per heavy atom. The molecule has 0 unspecified atom stereocenters. The van der Waals surface area contributed by atoms with Crippen molar-refractivity contribution in [2.75, 3.05) is 32.9 Å². The number of hydrogen-bond acceptors (Lipinski definition) is 4. The molecule has 3 rings (SSSR count). The number of thioether (sulfide) groups is 1. The Labute approximate surface area is 196 Å². The Bertz CT molecular complexity index is 790. The van der Waals surface area contributed by atoms with E-state index in [1.54, 1.807) is 0 Å². The summed E-state index contributed by atoms with van der Waals surface area (Å²) in [5, 5.41) is 3.48. The fraction of sp³-hybridized carbons (Fsp3) is 0.650. The van der Waals surface area contributed by atoms with Gasteiger partial charge in [0.05, 0.1) is 5.75 Å². The lowest BCUT2D eigenvalue weighted by Crippen LogP contribution is -2.53. The van der Waals surface area contributed by atoms with Gasteiger partial charge in [-0.2, -0.15) is 11.8 Å². The Kier molecular flexibility index (Phi) is 9.56. The number of guanidine groups is 1. The summed E-state index contributed by atoms with van der Waals surface area (Å²) >= 11 is 2.15. The van der Waals surface area contributed by atoms with Crippen molar-refractivity contribution in [1.29, 1.82) is 0 Å². The molecule has 1 saturated heterocycles. The van der Waals surface area contributed by atoms with Gasteiger partial charge in [-0.05, 0) is 31.0 Å². The van der Waals surface area contributed by atoms with E-state index in [0.29, 0.717) is 11.3 Å². The average Bonchev–Trinajstić information content (AvgIpc) is 2.69. The molecule has 1 aliphatic carbocycles. The molecule has 1 aliphatic heterocycles. The van der Waals surface area contributed by atoms with Gasteiger partial charge < -0.3 is 10.2 Å². The van der Waals surface area contributed by atoms with Crippen molar-refractivity contribution in [2.24, 2.45) is 4.99 Å². The molecule has 1 aromatic carbocycles. The Morgan fingerprint density at radius 3 is 2.66 bits per heavy atom. The van der Waals surface area contributed by atoms with Crippen molar-refractivity contribution in [3.63, 3.8) is 0 Å². The first-order valence-electron chi connectivity index (χ1n) is 10.0. The third-order valence-electron chi connectivity index (χ3n) is 5.63. The van der Waals surface area contributed by atoms with Crippen LogP contribution in [0.25, 0.3) is 0 Å². The second kappa shape index (κ2) is 11.2. The van der Waals surface area contributed by atoms with E-state index in [2.05, 4.69) is 31.7 Å². The molecule has 164 valence electrons. The molecule has 29 heavy (non-hydrogen) atoms. The lowest BCUT2D eigenvalue weighted by atomic mass is 9.87. The second-order valence-corrected chi connectivity index (χ2v) is 11.2. The van der Waals surface area contributed by atoms with Crippen LogP contribution in [0.1, 0.15) is 43.2 Å². The molecule has 0 bridgehead atoms. The largest absolute Gasteiger partial charge is 0.352 e. The summed E-state index contributed by atoms with van der Waals surface area (Å²) < 4.78 is 26.4. The van der Waals surface area contributed by atoms with E-state index in [1.807, 2.05) is 31.3 Å². The van der Waals surface area contributed by atoms with Crippen LogP contribution < -0.4 is 10.0 Å². The topological polar surface area (TPSA) is 73.8 Å². The molecule has 0 atom stereocenters. The highest BCUT2D eigenvalue weighted by atomic mass is 127. The van der Waals surface area contributed by atoms with Gasteiger partial charge in [0.2, 0.25) is 10.0 Å². The van der Waals surface area contributed by atoms with Crippen molar-refractivity contribution in [1.82, 2.24) is 14.9 Å². The second-order valence-electron chi connectivity index (χ2n) is 7.70. The first-order valence-corrected chi connectivity index (χ1v) is 12.7. The molecule has 1 saturated carbocycles. The fourth-order valence-corrected chi connectivity index (χ4v) is 6.49. The minimum Gasteiger partial charge on any atom is -0.352 e. The van der Waals surface area contributed by atoms with Crippen molar-refractivity contribution in [2.45, 2.75) is 49.1 Å². The van der Waals surface area contributed by atoms with Gasteiger partial charge in [-0.3, -0.25) is 4.99 Å². The number of hydrogen-bond donors (Lipinski definition) is 2. The Morgan fingerprint density at radius 1 is 1.24 bits per heavy atom. The monoisotopic (exact) mass is 552 g/mol. The molecule has 2 aliphatic rings. The van der Waals surface area contributed by atoms with Crippen LogP contribution in [0.4, 0.5) is 0 Å². The molecule has 0 amide bonds. The minimum absolute atomic E-state index is 0. The SMILES string of the molecule is CN=C(NCc1cccc(CS(=O)(=O)NC)c1)N1CCSC2(CCCCC2)C1.I. The van der Waals surface area contributed by atoms with E-state index in [0.717, 1.165) is 35.9 Å². The average molecular weight is 553 g/mol. The molecule has 1 aromatic rings. The van der Waals surface area contributed by atoms with Crippen LogP contribution in [0.3, 0.4) is 0 Å². The van der Waals surface area contributed by atoms with Gasteiger partial charge >= 0.3 is 0 Å². The third-order valence-corrected chi connectivity index (χ3v) is 8.51. The van der Waals surface area contributed by atoms with Gasteiger partial charge in [0, 0.05) is 37.2 Å². The zero-order chi connectivity index (χ0) is 20.0. The summed E-state index contributed by atoms with van der Waals surface area (Å²) in [4.78, 5) is 6.92. The number of rotatable bonds is 5. The van der Waals surface area contributed by atoms with Gasteiger partial charge in [-0.15, -0.1) is 24.0 Å². The van der Waals surface area contributed by atoms with Gasteiger partial charge in [-0.1, -0.05) is 43.5 Å². The van der Waals surface area contributed by atoms with E-state index in [1.165, 1.54) is 39.2 Å². The van der Waals surface area contributed by atoms with Crippen molar-refractivity contribution in [3.05, 3.63) is 35.4 Å². The van der Waals surface area contributed by atoms with Gasteiger partial charge in [0.25, 0.3) is 0 Å². The first-order chi connectivity index (χ1) is 13.5. The number of benzene rings is 1. The molecule has 0 aromatic heterocycles. The van der Waals surface area contributed by atoms with E-state index < -0.39 is 10.0 Å². The van der Waals surface area contributed by atoms with Crippen LogP contribution >= 0.6 is 35.7 Å². The summed E-state index contributed by atoms with van der Waals surface area (Å²) in [6.45, 7) is 2.72. The van der Waals surface area contributed by atoms with E-state index in [4.69, 9.17) is 0 Å². The molecule has 9 heteroatoms. The maximum Gasteiger partial charge on any atom is 0.215 e. The van der Waals surface area contributed by atoms with Crippen LogP contribution in [0, 0.1) is 0 Å². The zero-order valence-corrected chi connectivity index (χ0v) is 21.3. The molecule has 2 N–H and O–H groups in total. The number of aliphatic imine (C=N–C) groups is 1. The van der Waals surface area contributed by atoms with Crippen molar-refractivity contribution >= 4 is 51.7 Å². The summed E-state index contributed by atoms with van der Waals surface area (Å²) in [6.07, 6.45) is 6.68. The normalized spacial score (nSPS) is 19.7. The highest BCUT2D eigenvalue weighted by molar-refractivity contribution is 14.0. The van der Waals surface area contributed by atoms with Crippen LogP contribution in [0.15, 0.2) is 29.3 Å². The van der Waals surface area contributed by atoms with Crippen molar-refractivity contribution < 1.29 is 8.42 Å². The summed E-state index contributed by atoms with van der Waals surface area (Å²) in [5.41, 5.74) is 1.85. The predicted octanol–water partition coefficient (Wildman–Crippen LogP) is 3.18. The molecule has 1 heterocycles. The quantitative estimate of drug-likeness (QED) is 0.334. The summed E-state index contributed by atoms with van der Waals surface area (Å²) in [7, 11) is 0.0230.